The van der Waals surface area contributed by atoms with Crippen molar-refractivity contribution in [1.82, 2.24) is 20.1 Å². The van der Waals surface area contributed by atoms with Crippen LogP contribution < -0.4 is 11.1 Å². The number of nitrogens with one attached hydrogen (secondary N) is 1. The van der Waals surface area contributed by atoms with E-state index in [1.807, 2.05) is 24.5 Å². The average molecular weight is 460 g/mol. The number of nitrogens with zero attached hydrogens (tertiary/aromatic N) is 3. The highest BCUT2D eigenvalue weighted by Crippen LogP contribution is 2.24. The molecule has 2 heterocycles. The Kier molecular flexibility index (Phi) is 8.04. The van der Waals surface area contributed by atoms with Crippen molar-refractivity contribution in [1.29, 1.82) is 0 Å². The summed E-state index contributed by atoms with van der Waals surface area (Å²) in [4.78, 5) is 23.9. The molecule has 0 fully saturated rings. The Morgan fingerprint density at radius 1 is 1.22 bits per heavy atom. The van der Waals surface area contributed by atoms with E-state index >= 15 is 0 Å². The average Bonchev–Trinajstić information content (AvgIpc) is 3.40. The van der Waals surface area contributed by atoms with Gasteiger partial charge in [0.25, 0.3) is 0 Å². The normalized spacial score (nSPS) is 12.1. The number of furan rings is 1. The summed E-state index contributed by atoms with van der Waals surface area (Å²) in [5, 5.41) is 11.9. The van der Waals surface area contributed by atoms with E-state index in [0.29, 0.717) is 29.7 Å². The highest BCUT2D eigenvalue weighted by Gasteiger charge is 2.20. The van der Waals surface area contributed by atoms with Crippen molar-refractivity contribution < 1.29 is 18.4 Å². The van der Waals surface area contributed by atoms with Gasteiger partial charge in [-0.3, -0.25) is 14.2 Å². The van der Waals surface area contributed by atoms with Crippen LogP contribution in [0.5, 0.6) is 0 Å². The first kappa shape index (κ1) is 23.5. The van der Waals surface area contributed by atoms with Crippen molar-refractivity contribution >= 4 is 23.6 Å². The molecule has 32 heavy (non-hydrogen) atoms. The van der Waals surface area contributed by atoms with Gasteiger partial charge < -0.3 is 15.5 Å². The van der Waals surface area contributed by atoms with E-state index in [1.54, 1.807) is 24.5 Å². The topological polar surface area (TPSA) is 116 Å². The molecule has 0 radical (unpaired) electrons. The Morgan fingerprint density at radius 2 is 1.97 bits per heavy atom. The van der Waals surface area contributed by atoms with Crippen LogP contribution in [0.15, 0.2) is 52.2 Å². The lowest BCUT2D eigenvalue weighted by atomic mass is 9.96. The SMILES string of the molecule is CC(C)C(NC(=O)CSc1nnc(CCC(N)=O)n1Cc1ccco1)c1ccc(F)cc1. The van der Waals surface area contributed by atoms with Crippen LogP contribution in [0.3, 0.4) is 0 Å². The summed E-state index contributed by atoms with van der Waals surface area (Å²) in [6, 6.07) is 9.50. The second-order valence-electron chi connectivity index (χ2n) is 7.66. The molecule has 1 unspecified atom stereocenters. The fourth-order valence-electron chi connectivity index (χ4n) is 3.21. The largest absolute Gasteiger partial charge is 0.467 e. The number of amides is 2. The lowest BCUT2D eigenvalue weighted by Crippen LogP contribution is -2.33. The number of rotatable bonds is 11. The van der Waals surface area contributed by atoms with Crippen LogP contribution in [0.1, 0.15) is 43.5 Å². The number of halogens is 1. The Hall–Kier alpha value is -3.14. The van der Waals surface area contributed by atoms with Crippen LogP contribution in [-0.2, 0) is 22.6 Å². The maximum absolute atomic E-state index is 13.3. The number of primary amides is 1. The van der Waals surface area contributed by atoms with Crippen LogP contribution >= 0.6 is 11.8 Å². The first-order valence-electron chi connectivity index (χ1n) is 10.2. The minimum absolute atomic E-state index is 0.122. The Labute approximate surface area is 189 Å². The number of hydrogen-bond donors (Lipinski definition) is 2. The van der Waals surface area contributed by atoms with Crippen molar-refractivity contribution in [2.24, 2.45) is 11.7 Å². The molecule has 3 N–H and O–H groups in total. The third kappa shape index (κ3) is 6.43. The molecule has 2 aromatic heterocycles. The zero-order valence-corrected chi connectivity index (χ0v) is 18.8. The predicted molar refractivity (Wildman–Crippen MR) is 118 cm³/mol. The van der Waals surface area contributed by atoms with Gasteiger partial charge in [-0.1, -0.05) is 37.7 Å². The molecule has 0 bridgehead atoms. The summed E-state index contributed by atoms with van der Waals surface area (Å²) in [7, 11) is 0. The van der Waals surface area contributed by atoms with Gasteiger partial charge in [-0.15, -0.1) is 10.2 Å². The molecule has 2 amide bonds. The second kappa shape index (κ2) is 10.9. The van der Waals surface area contributed by atoms with Crippen molar-refractivity contribution in [3.8, 4) is 0 Å². The van der Waals surface area contributed by atoms with Crippen LogP contribution in [0, 0.1) is 11.7 Å². The third-order valence-electron chi connectivity index (χ3n) is 4.83. The number of hydrogen-bond acceptors (Lipinski definition) is 6. The van der Waals surface area contributed by atoms with Gasteiger partial charge >= 0.3 is 0 Å². The molecule has 1 atom stereocenters. The summed E-state index contributed by atoms with van der Waals surface area (Å²) in [5.74, 6) is 0.618. The first-order chi connectivity index (χ1) is 15.3. The second-order valence-corrected chi connectivity index (χ2v) is 8.60. The zero-order valence-electron chi connectivity index (χ0n) is 18.0. The van der Waals surface area contributed by atoms with E-state index in [1.165, 1.54) is 23.9 Å². The minimum Gasteiger partial charge on any atom is -0.467 e. The molecule has 8 nitrogen and oxygen atoms in total. The lowest BCUT2D eigenvalue weighted by molar-refractivity contribution is -0.120. The molecule has 0 saturated heterocycles. The maximum atomic E-state index is 13.3. The summed E-state index contributed by atoms with van der Waals surface area (Å²) in [5.41, 5.74) is 6.11. The molecule has 0 saturated carbocycles. The highest BCUT2D eigenvalue weighted by molar-refractivity contribution is 7.99. The Morgan fingerprint density at radius 3 is 2.59 bits per heavy atom. The van der Waals surface area contributed by atoms with Gasteiger partial charge in [0, 0.05) is 12.8 Å². The van der Waals surface area contributed by atoms with Gasteiger partial charge in [0.1, 0.15) is 17.4 Å². The van der Waals surface area contributed by atoms with Gasteiger partial charge in [0.15, 0.2) is 5.16 Å². The Bertz CT molecular complexity index is 1030. The van der Waals surface area contributed by atoms with Gasteiger partial charge in [-0.05, 0) is 35.7 Å². The fraction of sp³-hybridized carbons (Fsp3) is 0.364. The number of thioether (sulfide) groups is 1. The van der Waals surface area contributed by atoms with Crippen molar-refractivity contribution in [3.63, 3.8) is 0 Å². The number of aromatic nitrogens is 3. The number of carbonyl (C=O) groups is 2. The lowest BCUT2D eigenvalue weighted by Gasteiger charge is -2.23. The number of carbonyl (C=O) groups excluding carboxylic acids is 2. The van der Waals surface area contributed by atoms with Crippen LogP contribution in [-0.4, -0.2) is 32.3 Å². The predicted octanol–water partition coefficient (Wildman–Crippen LogP) is 3.08. The molecule has 170 valence electrons. The molecule has 10 heteroatoms. The summed E-state index contributed by atoms with van der Waals surface area (Å²) >= 11 is 1.24. The maximum Gasteiger partial charge on any atom is 0.230 e. The van der Waals surface area contributed by atoms with Crippen molar-refractivity contribution in [2.75, 3.05) is 5.75 Å². The monoisotopic (exact) mass is 459 g/mol. The standard InChI is InChI=1S/C22H26FN5O3S/c1-14(2)21(15-5-7-16(23)8-6-15)25-20(30)13-32-22-27-26-19(10-9-18(24)29)28(22)12-17-4-3-11-31-17/h3-8,11,14,21H,9-10,12-13H2,1-2H3,(H2,24,29)(H,25,30). The van der Waals surface area contributed by atoms with Gasteiger partial charge in [0.05, 0.1) is 24.6 Å². The van der Waals surface area contributed by atoms with Crippen LogP contribution in [0.2, 0.25) is 0 Å². The number of nitrogens with two attached hydrogens (primary N) is 1. The third-order valence-corrected chi connectivity index (χ3v) is 5.79. The number of aryl methyl sites for hydroxylation is 1. The summed E-state index contributed by atoms with van der Waals surface area (Å²) < 4.78 is 20.5. The molecule has 1 aromatic carbocycles. The molecule has 0 aliphatic carbocycles. The van der Waals surface area contributed by atoms with Gasteiger partial charge in [-0.2, -0.15) is 0 Å². The Balaban J connectivity index is 1.68. The first-order valence-corrected chi connectivity index (χ1v) is 11.2. The molecular weight excluding hydrogens is 433 g/mol. The highest BCUT2D eigenvalue weighted by atomic mass is 32.2. The van der Waals surface area contributed by atoms with E-state index in [9.17, 15) is 14.0 Å². The summed E-state index contributed by atoms with van der Waals surface area (Å²) in [6.45, 7) is 4.36. The van der Waals surface area contributed by atoms with Crippen molar-refractivity contribution in [3.05, 3.63) is 65.6 Å². The van der Waals surface area contributed by atoms with Crippen LogP contribution in [0.25, 0.3) is 0 Å². The molecule has 3 rings (SSSR count). The van der Waals surface area contributed by atoms with Gasteiger partial charge in [-0.25, -0.2) is 4.39 Å². The zero-order chi connectivity index (χ0) is 23.1. The minimum atomic E-state index is -0.424. The van der Waals surface area contributed by atoms with E-state index in [2.05, 4.69) is 15.5 Å². The number of benzene rings is 1. The van der Waals surface area contributed by atoms with Crippen molar-refractivity contribution in [2.45, 2.75) is 44.4 Å². The molecule has 0 spiro atoms. The summed E-state index contributed by atoms with van der Waals surface area (Å²) in [6.07, 6.45) is 2.06. The fourth-order valence-corrected chi connectivity index (χ4v) is 3.98. The van der Waals surface area contributed by atoms with E-state index in [4.69, 9.17) is 10.2 Å². The molecule has 0 aliphatic heterocycles. The quantitative estimate of drug-likeness (QED) is 0.426. The van der Waals surface area contributed by atoms with Crippen LogP contribution in [0.4, 0.5) is 4.39 Å². The molecule has 0 aliphatic rings. The van der Waals surface area contributed by atoms with E-state index in [-0.39, 0.29) is 35.9 Å². The molecular formula is C22H26FN5O3S. The van der Waals surface area contributed by atoms with Gasteiger partial charge in [0.2, 0.25) is 11.8 Å². The smallest absolute Gasteiger partial charge is 0.230 e. The van der Waals surface area contributed by atoms with E-state index < -0.39 is 5.91 Å². The molecule has 3 aromatic rings. The van der Waals surface area contributed by atoms with E-state index in [0.717, 1.165) is 5.56 Å².